The van der Waals surface area contributed by atoms with E-state index in [0.29, 0.717) is 6.54 Å². The monoisotopic (exact) mass is 239 g/mol. The Morgan fingerprint density at radius 2 is 2.12 bits per heavy atom. The van der Waals surface area contributed by atoms with Crippen LogP contribution in [0.25, 0.3) is 0 Å². The van der Waals surface area contributed by atoms with Crippen molar-refractivity contribution in [3.63, 3.8) is 0 Å². The molecule has 0 aromatic heterocycles. The molecule has 0 aliphatic carbocycles. The van der Waals surface area contributed by atoms with Crippen LogP contribution in [0.4, 0.5) is 14.5 Å². The summed E-state index contributed by atoms with van der Waals surface area (Å²) in [6.45, 7) is 1.68. The molecule has 2 rings (SSSR count). The second-order valence-corrected chi connectivity index (χ2v) is 4.03. The van der Waals surface area contributed by atoms with Gasteiger partial charge in [-0.05, 0) is 37.9 Å². The van der Waals surface area contributed by atoms with Gasteiger partial charge in [-0.15, -0.1) is 0 Å². The molecule has 0 unspecified atom stereocenters. The van der Waals surface area contributed by atoms with Crippen molar-refractivity contribution in [2.45, 2.75) is 19.3 Å². The van der Waals surface area contributed by atoms with Crippen LogP contribution in [0.3, 0.4) is 0 Å². The van der Waals surface area contributed by atoms with E-state index in [0.717, 1.165) is 37.6 Å². The minimum Gasteiger partial charge on any atom is -0.311 e. The van der Waals surface area contributed by atoms with Crippen LogP contribution in [-0.2, 0) is 0 Å². The third kappa shape index (κ3) is 3.23. The molecule has 5 heteroatoms. The van der Waals surface area contributed by atoms with Crippen LogP contribution in [0, 0.1) is 11.6 Å². The van der Waals surface area contributed by atoms with Gasteiger partial charge in [-0.3, -0.25) is 5.43 Å². The number of anilines is 1. The van der Waals surface area contributed by atoms with Crippen molar-refractivity contribution in [3.05, 3.63) is 29.8 Å². The maximum atomic E-state index is 13.3. The highest BCUT2D eigenvalue weighted by Gasteiger charge is 2.08. The van der Waals surface area contributed by atoms with Gasteiger partial charge in [0.1, 0.15) is 0 Å². The van der Waals surface area contributed by atoms with Gasteiger partial charge in [0.2, 0.25) is 0 Å². The lowest BCUT2D eigenvalue weighted by atomic mass is 10.2. The molecule has 1 saturated heterocycles. The summed E-state index contributed by atoms with van der Waals surface area (Å²) in [4.78, 5) is 0. The molecule has 1 aliphatic heterocycles. The van der Waals surface area contributed by atoms with Gasteiger partial charge in [0, 0.05) is 6.54 Å². The summed E-state index contributed by atoms with van der Waals surface area (Å²) in [5.74, 6) is -1.76. The number of nitrogens with one attached hydrogen (secondary N) is 2. The van der Waals surface area contributed by atoms with E-state index in [1.807, 2.05) is 0 Å². The van der Waals surface area contributed by atoms with Crippen LogP contribution < -0.4 is 10.7 Å². The Kier molecular flexibility index (Phi) is 4.03. The molecule has 0 bridgehead atoms. The Morgan fingerprint density at radius 3 is 3.00 bits per heavy atom. The van der Waals surface area contributed by atoms with Crippen molar-refractivity contribution >= 4 is 11.4 Å². The molecule has 1 aromatic carbocycles. The quantitative estimate of drug-likeness (QED) is 0.778. The van der Waals surface area contributed by atoms with Gasteiger partial charge in [0.25, 0.3) is 0 Å². The highest BCUT2D eigenvalue weighted by Crippen LogP contribution is 2.16. The maximum Gasteiger partial charge on any atom is 0.183 e. The summed E-state index contributed by atoms with van der Waals surface area (Å²) in [6, 6.07) is 4.00. The van der Waals surface area contributed by atoms with Crippen molar-refractivity contribution in [1.82, 2.24) is 5.32 Å². The van der Waals surface area contributed by atoms with E-state index in [2.05, 4.69) is 15.8 Å². The highest BCUT2D eigenvalue weighted by atomic mass is 19.2. The van der Waals surface area contributed by atoms with E-state index in [1.54, 1.807) is 0 Å². The lowest BCUT2D eigenvalue weighted by Crippen LogP contribution is -2.21. The Morgan fingerprint density at radius 1 is 1.24 bits per heavy atom. The Balaban J connectivity index is 2.05. The fraction of sp³-hybridized carbons (Fsp3) is 0.417. The first-order valence-electron chi connectivity index (χ1n) is 5.73. The number of hydrogen-bond donors (Lipinski definition) is 2. The summed E-state index contributed by atoms with van der Waals surface area (Å²) < 4.78 is 26.2. The minimum absolute atomic E-state index is 0.0711. The standard InChI is InChI=1S/C12H15F2N3/c13-10-5-3-6-11(12(10)14)17-16-9-4-1-2-7-15-8-9/h3,5-6,15,17H,1-2,4,7-8H2/b16-9-. The molecule has 2 N–H and O–H groups in total. The van der Waals surface area contributed by atoms with Crippen LogP contribution in [0.2, 0.25) is 0 Å². The van der Waals surface area contributed by atoms with Crippen molar-refractivity contribution in [2.24, 2.45) is 5.10 Å². The largest absolute Gasteiger partial charge is 0.311 e. The normalized spacial score (nSPS) is 19.1. The maximum absolute atomic E-state index is 13.3. The molecular weight excluding hydrogens is 224 g/mol. The first-order chi connectivity index (χ1) is 8.27. The van der Waals surface area contributed by atoms with Crippen LogP contribution in [0.5, 0.6) is 0 Å². The van der Waals surface area contributed by atoms with Gasteiger partial charge in [-0.2, -0.15) is 5.10 Å². The fourth-order valence-electron chi connectivity index (χ4n) is 1.72. The number of rotatable bonds is 2. The molecule has 3 nitrogen and oxygen atoms in total. The summed E-state index contributed by atoms with van der Waals surface area (Å²) in [7, 11) is 0. The molecule has 1 fully saturated rings. The van der Waals surface area contributed by atoms with Crippen molar-refractivity contribution < 1.29 is 8.78 Å². The zero-order valence-corrected chi connectivity index (χ0v) is 9.47. The molecule has 0 amide bonds. The van der Waals surface area contributed by atoms with Gasteiger partial charge in [0.15, 0.2) is 11.6 Å². The minimum atomic E-state index is -0.890. The topological polar surface area (TPSA) is 36.4 Å². The first kappa shape index (κ1) is 12.0. The van der Waals surface area contributed by atoms with Crippen LogP contribution in [-0.4, -0.2) is 18.8 Å². The lowest BCUT2D eigenvalue weighted by molar-refractivity contribution is 0.511. The average Bonchev–Trinajstić information content (AvgIpc) is 2.59. The number of hydrogen-bond acceptors (Lipinski definition) is 3. The summed E-state index contributed by atoms with van der Waals surface area (Å²) >= 11 is 0. The predicted octanol–water partition coefficient (Wildman–Crippen LogP) is 2.51. The van der Waals surface area contributed by atoms with E-state index in [-0.39, 0.29) is 5.69 Å². The molecule has 92 valence electrons. The van der Waals surface area contributed by atoms with Crippen molar-refractivity contribution in [3.8, 4) is 0 Å². The summed E-state index contributed by atoms with van der Waals surface area (Å²) in [5, 5.41) is 7.33. The summed E-state index contributed by atoms with van der Waals surface area (Å²) in [5.41, 5.74) is 3.59. The van der Waals surface area contributed by atoms with Crippen LogP contribution in [0.1, 0.15) is 19.3 Å². The number of nitrogens with zero attached hydrogens (tertiary/aromatic N) is 1. The zero-order valence-electron chi connectivity index (χ0n) is 9.47. The predicted molar refractivity (Wildman–Crippen MR) is 64.1 cm³/mol. The van der Waals surface area contributed by atoms with E-state index in [1.165, 1.54) is 12.1 Å². The second kappa shape index (κ2) is 5.72. The molecule has 0 atom stereocenters. The SMILES string of the molecule is Fc1cccc(N/N=C2/CCCCNC2)c1F. The Bertz CT molecular complexity index is 408. The molecule has 0 radical (unpaired) electrons. The van der Waals surface area contributed by atoms with E-state index >= 15 is 0 Å². The lowest BCUT2D eigenvalue weighted by Gasteiger charge is -2.06. The smallest absolute Gasteiger partial charge is 0.183 e. The van der Waals surface area contributed by atoms with Gasteiger partial charge in [-0.1, -0.05) is 6.07 Å². The molecule has 1 aromatic rings. The van der Waals surface area contributed by atoms with Gasteiger partial charge >= 0.3 is 0 Å². The van der Waals surface area contributed by atoms with E-state index in [4.69, 9.17) is 0 Å². The molecule has 1 aliphatic rings. The number of halogens is 2. The van der Waals surface area contributed by atoms with Crippen LogP contribution in [0.15, 0.2) is 23.3 Å². The van der Waals surface area contributed by atoms with Crippen molar-refractivity contribution in [1.29, 1.82) is 0 Å². The second-order valence-electron chi connectivity index (χ2n) is 4.03. The van der Waals surface area contributed by atoms with Gasteiger partial charge in [0.05, 0.1) is 11.4 Å². The fourth-order valence-corrected chi connectivity index (χ4v) is 1.72. The Labute approximate surface area is 98.9 Å². The zero-order chi connectivity index (χ0) is 12.1. The third-order valence-corrected chi connectivity index (χ3v) is 2.68. The van der Waals surface area contributed by atoms with E-state index in [9.17, 15) is 8.78 Å². The van der Waals surface area contributed by atoms with Gasteiger partial charge in [-0.25, -0.2) is 8.78 Å². The molecule has 17 heavy (non-hydrogen) atoms. The highest BCUT2D eigenvalue weighted by molar-refractivity contribution is 5.87. The summed E-state index contributed by atoms with van der Waals surface area (Å²) in [6.07, 6.45) is 3.07. The number of hydrazone groups is 1. The molecule has 0 spiro atoms. The average molecular weight is 239 g/mol. The molecule has 0 saturated carbocycles. The Hall–Kier alpha value is -1.49. The molecular formula is C12H15F2N3. The van der Waals surface area contributed by atoms with Crippen LogP contribution >= 0.6 is 0 Å². The van der Waals surface area contributed by atoms with Crippen molar-refractivity contribution in [2.75, 3.05) is 18.5 Å². The first-order valence-corrected chi connectivity index (χ1v) is 5.73. The molecule has 1 heterocycles. The third-order valence-electron chi connectivity index (χ3n) is 2.68. The van der Waals surface area contributed by atoms with E-state index < -0.39 is 11.6 Å². The van der Waals surface area contributed by atoms with Gasteiger partial charge < -0.3 is 5.32 Å². The number of benzene rings is 1.